The van der Waals surface area contributed by atoms with E-state index in [-0.39, 0.29) is 23.5 Å². The first kappa shape index (κ1) is 23.0. The number of aromatic amines is 1. The summed E-state index contributed by atoms with van der Waals surface area (Å²) in [4.78, 5) is 65.4. The second-order valence-electron chi connectivity index (χ2n) is 6.02. The van der Waals surface area contributed by atoms with Crippen molar-refractivity contribution in [2.24, 2.45) is 5.92 Å². The van der Waals surface area contributed by atoms with Crippen LogP contribution in [0.25, 0.3) is 11.2 Å². The van der Waals surface area contributed by atoms with Crippen molar-refractivity contribution in [3.05, 3.63) is 28.8 Å². The van der Waals surface area contributed by atoms with Crippen LogP contribution in [0.3, 0.4) is 0 Å². The van der Waals surface area contributed by atoms with E-state index < -0.39 is 47.6 Å². The summed E-state index contributed by atoms with van der Waals surface area (Å²) < 4.78 is 45.6. The summed E-state index contributed by atoms with van der Waals surface area (Å²) in [7, 11) is -17.6. The maximum atomic E-state index is 11.8. The van der Waals surface area contributed by atoms with Crippen LogP contribution < -0.4 is 30.9 Å². The number of rotatable bonds is 8. The Labute approximate surface area is 166 Å². The quantitative estimate of drug-likeness (QED) is 0.294. The molecule has 1 aliphatic rings. The lowest BCUT2D eigenvalue weighted by Gasteiger charge is -2.37. The monoisotopic (exact) mass is 483 g/mol. The highest BCUT2D eigenvalue weighted by Crippen LogP contribution is 2.60. The number of nitrogens with two attached hydrogens (primary N) is 1. The number of fused-ring (bicyclic) bond motifs is 1. The van der Waals surface area contributed by atoms with Gasteiger partial charge in [-0.3, -0.25) is 23.2 Å². The van der Waals surface area contributed by atoms with Crippen molar-refractivity contribution in [3.8, 4) is 0 Å². The van der Waals surface area contributed by atoms with Crippen LogP contribution in [0.4, 0.5) is 5.95 Å². The van der Waals surface area contributed by atoms with Crippen LogP contribution in [0.15, 0.2) is 23.3 Å². The Morgan fingerprint density at radius 1 is 1.17 bits per heavy atom. The van der Waals surface area contributed by atoms with E-state index in [1.54, 1.807) is 12.2 Å². The number of imidazole rings is 1. The van der Waals surface area contributed by atoms with E-state index in [4.69, 9.17) is 5.73 Å². The molecule has 0 spiro atoms. The van der Waals surface area contributed by atoms with Crippen molar-refractivity contribution >= 4 is 40.6 Å². The van der Waals surface area contributed by atoms with E-state index in [2.05, 4.69) is 28.1 Å². The Kier molecular flexibility index (Phi) is 6.20. The minimum atomic E-state index is -6.05. The average Bonchev–Trinajstić information content (AvgIpc) is 3.15. The molecule has 30 heavy (non-hydrogen) atoms. The van der Waals surface area contributed by atoms with Gasteiger partial charge in [0.05, 0.1) is 26.8 Å². The second-order valence-corrected chi connectivity index (χ2v) is 10.3. The molecule has 0 aliphatic heterocycles. The zero-order chi connectivity index (χ0) is 22.3. The lowest BCUT2D eigenvalue weighted by Crippen LogP contribution is -2.21. The number of nitrogens with one attached hydrogen (secondary N) is 1. The molecule has 3 N–H and O–H groups in total. The standard InChI is InChI=1S/C11H16N5O11P3/c12-11-14-9-8(10(17)15-11)13-5-16(9)7-2-1-6(3-7)4-25-29(21,22)27-30(23,24)26-28(18,19)20/h1-2,5-7H,3-4H2,(H,21,22)(H,23,24)(H2,18,19,20)(H3,12,14,15,17)/p-4. The normalized spacial score (nSPS) is 23.5. The molecule has 166 valence electrons. The Hall–Kier alpha value is -1.70. The number of anilines is 1. The molecule has 0 amide bonds. The Morgan fingerprint density at radius 3 is 2.53 bits per heavy atom. The zero-order valence-electron chi connectivity index (χ0n) is 14.6. The number of hydrogen-bond acceptors (Lipinski definition) is 14. The number of aromatic nitrogens is 4. The van der Waals surface area contributed by atoms with Gasteiger partial charge in [-0.1, -0.05) is 12.2 Å². The number of nitrogens with zero attached hydrogens (tertiary/aromatic N) is 3. The summed E-state index contributed by atoms with van der Waals surface area (Å²) in [6.07, 6.45) is 4.81. The van der Waals surface area contributed by atoms with Crippen molar-refractivity contribution in [2.75, 3.05) is 12.3 Å². The Bertz CT molecular complexity index is 1190. The van der Waals surface area contributed by atoms with Crippen LogP contribution in [-0.2, 0) is 26.8 Å². The number of phosphoric ester groups is 1. The lowest BCUT2D eigenvalue weighted by atomic mass is 10.1. The van der Waals surface area contributed by atoms with Crippen LogP contribution in [-0.4, -0.2) is 26.1 Å². The van der Waals surface area contributed by atoms with Gasteiger partial charge >= 0.3 is 0 Å². The van der Waals surface area contributed by atoms with E-state index in [0.717, 1.165) is 0 Å². The largest absolute Gasteiger partial charge is 0.790 e. The summed E-state index contributed by atoms with van der Waals surface area (Å²) in [5.41, 5.74) is 5.24. The van der Waals surface area contributed by atoms with E-state index in [1.165, 1.54) is 10.9 Å². The molecule has 0 bridgehead atoms. The molecule has 19 heteroatoms. The van der Waals surface area contributed by atoms with Crippen molar-refractivity contribution in [2.45, 2.75) is 12.5 Å². The highest BCUT2D eigenvalue weighted by molar-refractivity contribution is 7.64. The number of hydrogen-bond donors (Lipinski definition) is 2. The summed E-state index contributed by atoms with van der Waals surface area (Å²) in [6, 6.07) is -0.398. The highest BCUT2D eigenvalue weighted by atomic mass is 31.3. The molecule has 2 aromatic rings. The third kappa shape index (κ3) is 5.71. The van der Waals surface area contributed by atoms with Crippen LogP contribution >= 0.6 is 23.5 Å². The van der Waals surface area contributed by atoms with Gasteiger partial charge in [0, 0.05) is 5.92 Å². The van der Waals surface area contributed by atoms with Crippen molar-refractivity contribution in [1.29, 1.82) is 0 Å². The molecule has 0 saturated heterocycles. The first-order valence-corrected chi connectivity index (χ1v) is 12.2. The molecule has 4 unspecified atom stereocenters. The number of H-pyrrole nitrogens is 1. The van der Waals surface area contributed by atoms with Crippen molar-refractivity contribution in [3.63, 3.8) is 0 Å². The number of allylic oxidation sites excluding steroid dienone is 1. The van der Waals surface area contributed by atoms with Crippen LogP contribution in [0.1, 0.15) is 12.5 Å². The molecule has 0 fully saturated rings. The molecule has 16 nitrogen and oxygen atoms in total. The molecule has 1 aliphatic carbocycles. The van der Waals surface area contributed by atoms with Gasteiger partial charge in [-0.25, -0.2) is 9.29 Å². The van der Waals surface area contributed by atoms with E-state index in [1.807, 2.05) is 0 Å². The Morgan fingerprint density at radius 2 is 1.87 bits per heavy atom. The predicted octanol–water partition coefficient (Wildman–Crippen LogP) is -2.37. The maximum absolute atomic E-state index is 11.8. The minimum absolute atomic E-state index is 0.0509. The van der Waals surface area contributed by atoms with E-state index in [9.17, 15) is 38.1 Å². The van der Waals surface area contributed by atoms with Crippen LogP contribution in [0.2, 0.25) is 0 Å². The van der Waals surface area contributed by atoms with Crippen LogP contribution in [0.5, 0.6) is 0 Å². The van der Waals surface area contributed by atoms with Gasteiger partial charge in [-0.05, 0) is 6.42 Å². The maximum Gasteiger partial charge on any atom is 0.280 e. The molecular weight excluding hydrogens is 471 g/mol. The van der Waals surface area contributed by atoms with Gasteiger partial charge in [0.25, 0.3) is 21.2 Å². The Balaban J connectivity index is 1.63. The highest BCUT2D eigenvalue weighted by Gasteiger charge is 2.26. The van der Waals surface area contributed by atoms with Crippen molar-refractivity contribution < 1.29 is 46.4 Å². The molecule has 4 atom stereocenters. The first-order chi connectivity index (χ1) is 13.7. The zero-order valence-corrected chi connectivity index (χ0v) is 17.2. The van der Waals surface area contributed by atoms with Crippen LogP contribution in [0, 0.1) is 5.92 Å². The summed E-state index contributed by atoms with van der Waals surface area (Å²) >= 11 is 0. The fraction of sp³-hybridized carbons (Fsp3) is 0.364. The van der Waals surface area contributed by atoms with Gasteiger partial charge < -0.3 is 39.0 Å². The molecular formula is C11H12N5O11P3-4. The third-order valence-electron chi connectivity index (χ3n) is 3.80. The molecule has 0 saturated carbocycles. The summed E-state index contributed by atoms with van der Waals surface area (Å²) in [5, 5.41) is 0. The number of nitrogen functional groups attached to an aromatic ring is 1. The molecule has 0 radical (unpaired) electrons. The molecule has 2 aromatic heterocycles. The molecule has 2 heterocycles. The topological polar surface area (TPSA) is 261 Å². The second kappa shape index (κ2) is 8.09. The smallest absolute Gasteiger partial charge is 0.280 e. The van der Waals surface area contributed by atoms with Crippen molar-refractivity contribution in [1.82, 2.24) is 19.5 Å². The minimum Gasteiger partial charge on any atom is -0.790 e. The molecule has 3 rings (SSSR count). The average molecular weight is 483 g/mol. The van der Waals surface area contributed by atoms with Gasteiger partial charge in [0.15, 0.2) is 11.2 Å². The fourth-order valence-electron chi connectivity index (χ4n) is 2.74. The van der Waals surface area contributed by atoms with Gasteiger partial charge in [-0.2, -0.15) is 4.98 Å². The SMILES string of the molecule is Nc1nc2c(ncn2C2C=CC(COP(=O)([O-])OP(=O)([O-])OP(=O)([O-])[O-])C2)c(=O)[nH]1. The lowest BCUT2D eigenvalue weighted by molar-refractivity contribution is -0.339. The summed E-state index contributed by atoms with van der Waals surface area (Å²) in [5.74, 6) is -0.666. The van der Waals surface area contributed by atoms with E-state index in [0.29, 0.717) is 0 Å². The first-order valence-electron chi connectivity index (χ1n) is 7.87. The van der Waals surface area contributed by atoms with E-state index >= 15 is 0 Å². The third-order valence-corrected chi connectivity index (χ3v) is 7.47. The number of phosphoric acid groups is 3. The van der Waals surface area contributed by atoms with Gasteiger partial charge in [0.2, 0.25) is 5.95 Å². The molecule has 0 aromatic carbocycles. The fourth-order valence-corrected chi connectivity index (χ4v) is 5.65. The van der Waals surface area contributed by atoms with Gasteiger partial charge in [0.1, 0.15) is 0 Å². The summed E-state index contributed by atoms with van der Waals surface area (Å²) in [6.45, 7) is -0.566. The van der Waals surface area contributed by atoms with Gasteiger partial charge in [-0.15, -0.1) is 0 Å². The predicted molar refractivity (Wildman–Crippen MR) is 89.8 cm³/mol.